The molecule has 2 heterocycles. The summed E-state index contributed by atoms with van der Waals surface area (Å²) in [6, 6.07) is 12.3. The molecule has 0 saturated carbocycles. The summed E-state index contributed by atoms with van der Waals surface area (Å²) >= 11 is 0. The van der Waals surface area contributed by atoms with Crippen LogP contribution in [0.4, 0.5) is 14.5 Å². The first-order chi connectivity index (χ1) is 14.7. The number of rotatable bonds is 5. The van der Waals surface area contributed by atoms with E-state index in [1.165, 1.54) is 18.2 Å². The number of ether oxygens (including phenoxy) is 3. The molecule has 1 amide bonds. The highest BCUT2D eigenvalue weighted by Crippen LogP contribution is 2.42. The number of benzene rings is 2. The summed E-state index contributed by atoms with van der Waals surface area (Å²) in [4.78, 5) is 24.2. The average molecular weight is 429 g/mol. The van der Waals surface area contributed by atoms with Crippen molar-refractivity contribution in [1.82, 2.24) is 9.78 Å². The highest BCUT2D eigenvalue weighted by molar-refractivity contribution is 5.95. The Morgan fingerprint density at radius 2 is 1.77 bits per heavy atom. The summed E-state index contributed by atoms with van der Waals surface area (Å²) in [5.41, 5.74) is 3.08. The first-order valence-corrected chi connectivity index (χ1v) is 9.21. The van der Waals surface area contributed by atoms with Crippen molar-refractivity contribution >= 4 is 17.6 Å². The van der Waals surface area contributed by atoms with Gasteiger partial charge in [-0.3, -0.25) is 4.79 Å². The number of nitrogens with zero attached hydrogens (tertiary/aromatic N) is 2. The van der Waals surface area contributed by atoms with Crippen LogP contribution in [0, 0.1) is 13.8 Å². The second kappa shape index (κ2) is 7.71. The van der Waals surface area contributed by atoms with Gasteiger partial charge in [-0.25, -0.2) is 9.48 Å². The van der Waals surface area contributed by atoms with Gasteiger partial charge in [0, 0.05) is 17.4 Å². The van der Waals surface area contributed by atoms with Crippen molar-refractivity contribution in [1.29, 1.82) is 0 Å². The van der Waals surface area contributed by atoms with E-state index in [4.69, 9.17) is 4.74 Å². The lowest BCUT2D eigenvalue weighted by molar-refractivity contribution is -0.286. The fourth-order valence-corrected chi connectivity index (χ4v) is 3.07. The first-order valence-electron chi connectivity index (χ1n) is 9.21. The molecule has 160 valence electrons. The van der Waals surface area contributed by atoms with Crippen LogP contribution >= 0.6 is 0 Å². The van der Waals surface area contributed by atoms with E-state index in [2.05, 4.69) is 19.9 Å². The second-order valence-electron chi connectivity index (χ2n) is 6.84. The molecule has 1 aliphatic rings. The molecule has 2 aromatic carbocycles. The molecule has 1 aromatic heterocycles. The van der Waals surface area contributed by atoms with Gasteiger partial charge in [-0.1, -0.05) is 0 Å². The lowest BCUT2D eigenvalue weighted by Crippen LogP contribution is -2.25. The van der Waals surface area contributed by atoms with Crippen molar-refractivity contribution in [3.63, 3.8) is 0 Å². The van der Waals surface area contributed by atoms with E-state index in [0.717, 1.165) is 17.1 Å². The van der Waals surface area contributed by atoms with Gasteiger partial charge < -0.3 is 19.5 Å². The Labute approximate surface area is 175 Å². The van der Waals surface area contributed by atoms with Gasteiger partial charge in [0.05, 0.1) is 16.9 Å². The van der Waals surface area contributed by atoms with Crippen molar-refractivity contribution < 1.29 is 32.6 Å². The molecule has 0 bridgehead atoms. The number of hydrogen-bond acceptors (Lipinski definition) is 6. The summed E-state index contributed by atoms with van der Waals surface area (Å²) in [5, 5.41) is 6.81. The van der Waals surface area contributed by atoms with Crippen LogP contribution in [-0.2, 0) is 9.53 Å². The summed E-state index contributed by atoms with van der Waals surface area (Å²) in [6.07, 6.45) is -3.75. The number of nitrogens with one attached hydrogen (secondary N) is 1. The van der Waals surface area contributed by atoms with Crippen molar-refractivity contribution in [3.8, 4) is 17.2 Å². The largest absolute Gasteiger partial charge is 0.586 e. The molecule has 8 nitrogen and oxygen atoms in total. The minimum Gasteiger partial charge on any atom is -0.452 e. The first kappa shape index (κ1) is 20.3. The van der Waals surface area contributed by atoms with Gasteiger partial charge >= 0.3 is 12.3 Å². The molecule has 3 aromatic rings. The molecule has 0 atom stereocenters. The van der Waals surface area contributed by atoms with Gasteiger partial charge in [0.25, 0.3) is 5.91 Å². The maximum atomic E-state index is 13.1. The summed E-state index contributed by atoms with van der Waals surface area (Å²) < 4.78 is 41.5. The number of alkyl halides is 2. The third-order valence-electron chi connectivity index (χ3n) is 4.38. The van der Waals surface area contributed by atoms with E-state index < -0.39 is 24.8 Å². The van der Waals surface area contributed by atoms with Crippen molar-refractivity contribution in [2.45, 2.75) is 20.1 Å². The van der Waals surface area contributed by atoms with E-state index in [9.17, 15) is 18.4 Å². The molecule has 4 rings (SSSR count). The molecule has 1 N–H and O–H groups in total. The molecule has 0 aliphatic carbocycles. The molecule has 0 unspecified atom stereocenters. The molecule has 31 heavy (non-hydrogen) atoms. The van der Waals surface area contributed by atoms with E-state index in [-0.39, 0.29) is 22.7 Å². The summed E-state index contributed by atoms with van der Waals surface area (Å²) in [7, 11) is 0. The third kappa shape index (κ3) is 4.47. The number of carbonyl (C=O) groups excluding carboxylic acids is 2. The molecular weight excluding hydrogens is 412 g/mol. The number of aromatic nitrogens is 2. The number of hydrogen-bond donors (Lipinski definition) is 1. The fraction of sp³-hybridized carbons (Fsp3) is 0.190. The van der Waals surface area contributed by atoms with E-state index in [0.29, 0.717) is 0 Å². The molecular formula is C21H17F2N3O5. The predicted molar refractivity (Wildman–Crippen MR) is 105 cm³/mol. The van der Waals surface area contributed by atoms with Gasteiger partial charge in [0.15, 0.2) is 18.1 Å². The fourth-order valence-electron chi connectivity index (χ4n) is 3.07. The molecule has 1 aliphatic heterocycles. The van der Waals surface area contributed by atoms with Gasteiger partial charge in [-0.15, -0.1) is 8.78 Å². The predicted octanol–water partition coefficient (Wildman–Crippen LogP) is 3.61. The smallest absolute Gasteiger partial charge is 0.452 e. The number of carbonyl (C=O) groups is 2. The normalized spacial score (nSPS) is 13.7. The van der Waals surface area contributed by atoms with Crippen LogP contribution in [0.1, 0.15) is 21.7 Å². The number of amides is 1. The summed E-state index contributed by atoms with van der Waals surface area (Å²) in [6.45, 7) is 3.26. The Bertz CT molecular complexity index is 1160. The number of halogens is 2. The van der Waals surface area contributed by atoms with Crippen molar-refractivity contribution in [2.75, 3.05) is 11.9 Å². The standard InChI is InChI=1S/C21H17F2N3O5/c1-12-9-13(2)26(25-12)16-6-3-14(4-7-16)20(28)29-11-19(27)24-15-5-8-17-18(10-15)31-21(22,23)30-17/h3-10H,11H2,1-2H3,(H,24,27). The van der Waals surface area contributed by atoms with Crippen LogP contribution in [0.5, 0.6) is 11.5 Å². The van der Waals surface area contributed by atoms with Gasteiger partial charge in [-0.05, 0) is 56.3 Å². The number of fused-ring (bicyclic) bond motifs is 1. The van der Waals surface area contributed by atoms with Crippen molar-refractivity contribution in [3.05, 3.63) is 65.5 Å². The highest BCUT2D eigenvalue weighted by Gasteiger charge is 2.43. The van der Waals surface area contributed by atoms with Crippen LogP contribution in [0.3, 0.4) is 0 Å². The number of aryl methyl sites for hydroxylation is 2. The number of esters is 1. The molecule has 0 radical (unpaired) electrons. The summed E-state index contributed by atoms with van der Waals surface area (Å²) in [5.74, 6) is -1.67. The Kier molecular flexibility index (Phi) is 5.05. The van der Waals surface area contributed by atoms with E-state index in [1.807, 2.05) is 19.9 Å². The minimum absolute atomic E-state index is 0.140. The monoisotopic (exact) mass is 429 g/mol. The topological polar surface area (TPSA) is 91.7 Å². The molecule has 10 heteroatoms. The lowest BCUT2D eigenvalue weighted by Gasteiger charge is -2.08. The zero-order valence-electron chi connectivity index (χ0n) is 16.5. The Hall–Kier alpha value is -3.95. The third-order valence-corrected chi connectivity index (χ3v) is 4.38. The van der Waals surface area contributed by atoms with Crippen LogP contribution in [0.2, 0.25) is 0 Å². The maximum absolute atomic E-state index is 13.1. The van der Waals surface area contributed by atoms with Gasteiger partial charge in [0.2, 0.25) is 0 Å². The average Bonchev–Trinajstić information content (AvgIpc) is 3.22. The van der Waals surface area contributed by atoms with Crippen LogP contribution in [0.15, 0.2) is 48.5 Å². The highest BCUT2D eigenvalue weighted by atomic mass is 19.3. The van der Waals surface area contributed by atoms with Crippen LogP contribution in [-0.4, -0.2) is 34.6 Å². The molecule has 0 fully saturated rings. The van der Waals surface area contributed by atoms with E-state index >= 15 is 0 Å². The lowest BCUT2D eigenvalue weighted by atomic mass is 10.2. The Morgan fingerprint density at radius 1 is 1.06 bits per heavy atom. The van der Waals surface area contributed by atoms with Gasteiger partial charge in [0.1, 0.15) is 0 Å². The SMILES string of the molecule is Cc1cc(C)n(-c2ccc(C(=O)OCC(=O)Nc3ccc4c(c3)OC(F)(F)O4)cc2)n1. The second-order valence-corrected chi connectivity index (χ2v) is 6.84. The zero-order valence-corrected chi connectivity index (χ0v) is 16.5. The zero-order chi connectivity index (χ0) is 22.2. The maximum Gasteiger partial charge on any atom is 0.586 e. The van der Waals surface area contributed by atoms with Crippen molar-refractivity contribution in [2.24, 2.45) is 0 Å². The molecule has 0 spiro atoms. The van der Waals surface area contributed by atoms with Crippen LogP contribution < -0.4 is 14.8 Å². The number of anilines is 1. The van der Waals surface area contributed by atoms with Crippen LogP contribution in [0.25, 0.3) is 5.69 Å². The quantitative estimate of drug-likeness (QED) is 0.623. The minimum atomic E-state index is -3.75. The Morgan fingerprint density at radius 3 is 2.45 bits per heavy atom. The Balaban J connectivity index is 1.33. The molecule has 0 saturated heterocycles. The van der Waals surface area contributed by atoms with E-state index in [1.54, 1.807) is 28.9 Å². The van der Waals surface area contributed by atoms with Gasteiger partial charge in [-0.2, -0.15) is 5.10 Å².